The van der Waals surface area contributed by atoms with E-state index in [1.165, 1.54) is 0 Å². The first-order valence-corrected chi connectivity index (χ1v) is 7.44. The molecule has 0 aliphatic heterocycles. The van der Waals surface area contributed by atoms with E-state index < -0.39 is 5.82 Å². The zero-order chi connectivity index (χ0) is 16.4. The van der Waals surface area contributed by atoms with Gasteiger partial charge in [-0.05, 0) is 22.9 Å². The number of ether oxygens (including phenoxy) is 1. The molecule has 118 valence electrons. The summed E-state index contributed by atoms with van der Waals surface area (Å²) in [5, 5.41) is 0. The second-order valence-corrected chi connectivity index (χ2v) is 5.43. The van der Waals surface area contributed by atoms with Gasteiger partial charge < -0.3 is 19.3 Å². The summed E-state index contributed by atoms with van der Waals surface area (Å²) in [5.74, 6) is 0.205. The van der Waals surface area contributed by atoms with Crippen molar-refractivity contribution in [3.63, 3.8) is 0 Å². The van der Waals surface area contributed by atoms with Gasteiger partial charge in [0.2, 0.25) is 11.8 Å². The molecule has 7 nitrogen and oxygen atoms in total. The van der Waals surface area contributed by atoms with Gasteiger partial charge in [-0.2, -0.15) is 4.98 Å². The van der Waals surface area contributed by atoms with Crippen LogP contribution in [0, 0.1) is 6.92 Å². The number of benzene rings is 1. The monoisotopic (exact) mass is 377 g/mol. The molecule has 0 saturated carbocycles. The average molecular weight is 378 g/mol. The van der Waals surface area contributed by atoms with Crippen LogP contribution in [0.1, 0.15) is 11.5 Å². The summed E-state index contributed by atoms with van der Waals surface area (Å²) >= 11 is 3.43. The van der Waals surface area contributed by atoms with Crippen molar-refractivity contribution >= 4 is 21.9 Å². The van der Waals surface area contributed by atoms with Crippen molar-refractivity contribution in [2.45, 2.75) is 13.5 Å². The van der Waals surface area contributed by atoms with Gasteiger partial charge in [-0.25, -0.2) is 9.78 Å². The predicted octanol–water partition coefficient (Wildman–Crippen LogP) is 2.92. The third kappa shape index (κ3) is 3.26. The van der Waals surface area contributed by atoms with Gasteiger partial charge in [-0.15, -0.1) is 0 Å². The fourth-order valence-corrected chi connectivity index (χ4v) is 2.49. The van der Waals surface area contributed by atoms with Crippen molar-refractivity contribution in [2.75, 3.05) is 5.73 Å². The third-order valence-corrected chi connectivity index (χ3v) is 3.78. The summed E-state index contributed by atoms with van der Waals surface area (Å²) in [6.07, 6.45) is 0. The Morgan fingerprint density at radius 2 is 1.96 bits per heavy atom. The molecule has 23 heavy (non-hydrogen) atoms. The number of rotatable bonds is 4. The lowest BCUT2D eigenvalue weighted by Crippen LogP contribution is -2.04. The summed E-state index contributed by atoms with van der Waals surface area (Å²) in [5.41, 5.74) is 7.23. The van der Waals surface area contributed by atoms with Crippen molar-refractivity contribution in [3.8, 4) is 17.1 Å². The van der Waals surface area contributed by atoms with Crippen LogP contribution in [0.5, 0.6) is 5.88 Å². The van der Waals surface area contributed by atoms with Gasteiger partial charge in [-0.1, -0.05) is 30.3 Å². The topological polar surface area (TPSA) is 104 Å². The number of aromatic nitrogens is 2. The van der Waals surface area contributed by atoms with Crippen LogP contribution in [-0.4, -0.2) is 9.97 Å². The summed E-state index contributed by atoms with van der Waals surface area (Å²) in [6, 6.07) is 9.49. The first kappa shape index (κ1) is 15.3. The quantitative estimate of drug-likeness (QED) is 0.744. The molecule has 3 rings (SSSR count). The highest BCUT2D eigenvalue weighted by atomic mass is 79.9. The largest absolute Gasteiger partial charge is 0.519 e. The van der Waals surface area contributed by atoms with Gasteiger partial charge in [-0.3, -0.25) is 0 Å². The van der Waals surface area contributed by atoms with Crippen LogP contribution in [0.2, 0.25) is 0 Å². The molecule has 0 aliphatic rings. The van der Waals surface area contributed by atoms with Crippen LogP contribution < -0.4 is 16.3 Å². The average Bonchev–Trinajstić information content (AvgIpc) is 2.86. The lowest BCUT2D eigenvalue weighted by Gasteiger charge is -2.10. The maximum atomic E-state index is 11.0. The third-order valence-electron chi connectivity index (χ3n) is 3.06. The minimum atomic E-state index is -0.771. The first-order valence-electron chi connectivity index (χ1n) is 6.65. The van der Waals surface area contributed by atoms with E-state index in [9.17, 15) is 4.79 Å². The molecular formula is C15H12BrN3O4. The molecular weight excluding hydrogens is 366 g/mol. The second kappa shape index (κ2) is 6.25. The molecule has 8 heteroatoms. The maximum absolute atomic E-state index is 11.0. The van der Waals surface area contributed by atoms with E-state index in [0.717, 1.165) is 5.56 Å². The highest BCUT2D eigenvalue weighted by Gasteiger charge is 2.16. The lowest BCUT2D eigenvalue weighted by atomic mass is 10.1. The highest BCUT2D eigenvalue weighted by Crippen LogP contribution is 2.33. The van der Waals surface area contributed by atoms with Crippen LogP contribution in [0.25, 0.3) is 11.3 Å². The highest BCUT2D eigenvalue weighted by molar-refractivity contribution is 9.10. The number of nitrogens with zero attached hydrogens (tertiary/aromatic N) is 2. The Hall–Kier alpha value is -2.61. The van der Waals surface area contributed by atoms with Crippen LogP contribution in [0.15, 0.2) is 48.4 Å². The van der Waals surface area contributed by atoms with Gasteiger partial charge in [0.15, 0.2) is 18.1 Å². The summed E-state index contributed by atoms with van der Waals surface area (Å²) < 4.78 is 15.8. The number of aryl methyl sites for hydroxylation is 1. The van der Waals surface area contributed by atoms with Gasteiger partial charge in [0.25, 0.3) is 0 Å². The maximum Gasteiger partial charge on any atom is 0.519 e. The van der Waals surface area contributed by atoms with Gasteiger partial charge in [0.05, 0.1) is 5.69 Å². The van der Waals surface area contributed by atoms with Crippen molar-refractivity contribution in [3.05, 3.63) is 56.9 Å². The van der Waals surface area contributed by atoms with E-state index >= 15 is 0 Å². The second-order valence-electron chi connectivity index (χ2n) is 4.64. The Kier molecular flexibility index (Phi) is 4.16. The number of nitrogen functional groups attached to an aromatic ring is 1. The molecule has 0 unspecified atom stereocenters. The normalized spacial score (nSPS) is 10.7. The van der Waals surface area contributed by atoms with Crippen molar-refractivity contribution < 1.29 is 13.6 Å². The zero-order valence-electron chi connectivity index (χ0n) is 12.1. The number of halogens is 1. The zero-order valence-corrected chi connectivity index (χ0v) is 13.7. The molecule has 1 aromatic carbocycles. The molecule has 0 bridgehead atoms. The summed E-state index contributed by atoms with van der Waals surface area (Å²) in [4.78, 5) is 19.3. The van der Waals surface area contributed by atoms with E-state index in [4.69, 9.17) is 19.3 Å². The van der Waals surface area contributed by atoms with Crippen molar-refractivity contribution in [2.24, 2.45) is 0 Å². The Labute approximate surface area is 139 Å². The lowest BCUT2D eigenvalue weighted by molar-refractivity contribution is 0.252. The minimum absolute atomic E-state index is 0.0130. The molecule has 0 spiro atoms. The van der Waals surface area contributed by atoms with E-state index in [1.54, 1.807) is 6.92 Å². The van der Waals surface area contributed by atoms with Crippen LogP contribution in [0.4, 0.5) is 5.95 Å². The Morgan fingerprint density at radius 1 is 1.22 bits per heavy atom. The Bertz CT molecular complexity index is 889. The molecule has 0 amide bonds. The molecule has 0 aliphatic carbocycles. The van der Waals surface area contributed by atoms with Crippen LogP contribution >= 0.6 is 15.9 Å². The molecule has 0 radical (unpaired) electrons. The first-order chi connectivity index (χ1) is 11.0. The van der Waals surface area contributed by atoms with Gasteiger partial charge >= 0.3 is 5.82 Å². The number of hydrogen-bond donors (Lipinski definition) is 1. The molecule has 2 N–H and O–H groups in total. The van der Waals surface area contributed by atoms with E-state index in [0.29, 0.717) is 21.7 Å². The SMILES string of the molecule is Cc1oc(=O)oc1COc1nc(N)nc(-c2ccccc2)c1Br. The fourth-order valence-electron chi connectivity index (χ4n) is 1.97. The predicted molar refractivity (Wildman–Crippen MR) is 85.9 cm³/mol. The fraction of sp³-hybridized carbons (Fsp3) is 0.133. The van der Waals surface area contributed by atoms with Crippen LogP contribution in [0.3, 0.4) is 0 Å². The van der Waals surface area contributed by atoms with Crippen LogP contribution in [-0.2, 0) is 6.61 Å². The summed E-state index contributed by atoms with van der Waals surface area (Å²) in [7, 11) is 0. The molecule has 0 saturated heterocycles. The Morgan fingerprint density at radius 3 is 2.61 bits per heavy atom. The number of hydrogen-bond acceptors (Lipinski definition) is 7. The summed E-state index contributed by atoms with van der Waals surface area (Å²) in [6.45, 7) is 1.60. The Balaban J connectivity index is 1.92. The van der Waals surface area contributed by atoms with Crippen molar-refractivity contribution in [1.29, 1.82) is 0 Å². The van der Waals surface area contributed by atoms with Crippen molar-refractivity contribution in [1.82, 2.24) is 9.97 Å². The smallest absolute Gasteiger partial charge is 0.468 e. The minimum Gasteiger partial charge on any atom is -0.468 e. The molecule has 2 heterocycles. The van der Waals surface area contributed by atoms with E-state index in [2.05, 4.69) is 25.9 Å². The standard InChI is InChI=1S/C15H12BrN3O4/c1-8-10(23-15(20)22-8)7-21-13-11(16)12(18-14(17)19-13)9-5-3-2-4-6-9/h2-6H,7H2,1H3,(H2,17,18,19). The molecule has 2 aromatic heterocycles. The van der Waals surface area contributed by atoms with E-state index in [-0.39, 0.29) is 18.4 Å². The van der Waals surface area contributed by atoms with E-state index in [1.807, 2.05) is 30.3 Å². The molecule has 0 atom stereocenters. The molecule has 0 fully saturated rings. The van der Waals surface area contributed by atoms with Gasteiger partial charge in [0, 0.05) is 5.56 Å². The number of anilines is 1. The number of nitrogens with two attached hydrogens (primary N) is 1. The molecule has 3 aromatic rings. The van der Waals surface area contributed by atoms with Gasteiger partial charge in [0.1, 0.15) is 4.47 Å².